The van der Waals surface area contributed by atoms with Crippen LogP contribution in [-0.2, 0) is 42.8 Å². The van der Waals surface area contributed by atoms with E-state index >= 15 is 0 Å². The Hall–Kier alpha value is -2.53. The summed E-state index contributed by atoms with van der Waals surface area (Å²) >= 11 is 0. The molecule has 0 aromatic carbocycles. The zero-order valence-corrected chi connectivity index (χ0v) is 60.0. The maximum absolute atomic E-state index is 13.5. The van der Waals surface area contributed by atoms with Crippen molar-refractivity contribution >= 4 is 17.8 Å². The van der Waals surface area contributed by atoms with Crippen molar-refractivity contribution < 1.29 is 104 Å². The molecule has 23 nitrogen and oxygen atoms in total. The molecule has 0 spiro atoms. The first kappa shape index (κ1) is 88.7. The number of aliphatic carboxylic acids is 1. The summed E-state index contributed by atoms with van der Waals surface area (Å²) in [5.41, 5.74) is 0. The fourth-order valence-electron chi connectivity index (χ4n) is 13.6. The van der Waals surface area contributed by atoms with Crippen LogP contribution in [0.4, 0.5) is 0 Å². The molecule has 23 heteroatoms. The highest BCUT2D eigenvalue weighted by Crippen LogP contribution is 2.39. The van der Waals surface area contributed by atoms with E-state index < -0.39 is 155 Å². The molecule has 3 saturated heterocycles. The largest absolute Gasteiger partial charge is 0.477 e. The second-order valence-corrected chi connectivity index (χ2v) is 28.2. The van der Waals surface area contributed by atoms with Gasteiger partial charge in [-0.25, -0.2) is 4.79 Å². The maximum atomic E-state index is 13.5. The molecule has 18 atom stereocenters. The number of carbonyl (C=O) groups excluding carboxylic acids is 2. The number of ether oxygens (including phenoxy) is 6. The minimum atomic E-state index is -3.08. The fraction of sp³-hybridized carbons (Fsp3) is 0.932. The molecule has 570 valence electrons. The van der Waals surface area contributed by atoms with Crippen LogP contribution >= 0.6 is 0 Å². The van der Waals surface area contributed by atoms with Crippen molar-refractivity contribution in [3.05, 3.63) is 12.2 Å². The van der Waals surface area contributed by atoms with Crippen LogP contribution in [0.15, 0.2) is 12.2 Å². The molecule has 0 bridgehead atoms. The molecule has 2 amide bonds. The molecule has 0 radical (unpaired) electrons. The smallest absolute Gasteiger partial charge is 0.364 e. The fourth-order valence-corrected chi connectivity index (χ4v) is 13.6. The number of unbranched alkanes of at least 4 members (excludes halogenated alkanes) is 40. The van der Waals surface area contributed by atoms with Crippen LogP contribution in [0.5, 0.6) is 0 Å². The Labute approximate surface area is 581 Å². The van der Waals surface area contributed by atoms with Crippen LogP contribution in [0.25, 0.3) is 0 Å². The van der Waals surface area contributed by atoms with E-state index in [1.54, 1.807) is 6.08 Å². The Balaban J connectivity index is 1.54. The van der Waals surface area contributed by atoms with Gasteiger partial charge in [-0.3, -0.25) is 9.59 Å². The highest BCUT2D eigenvalue weighted by molar-refractivity contribution is 5.77. The number of aliphatic hydroxyl groups excluding tert-OH is 11. The van der Waals surface area contributed by atoms with Gasteiger partial charge in [0.15, 0.2) is 12.6 Å². The summed E-state index contributed by atoms with van der Waals surface area (Å²) in [5, 5.41) is 136. The molecular weight excluding hydrogens is 1250 g/mol. The van der Waals surface area contributed by atoms with E-state index in [4.69, 9.17) is 28.4 Å². The van der Waals surface area contributed by atoms with E-state index in [9.17, 15) is 75.7 Å². The van der Waals surface area contributed by atoms with Crippen molar-refractivity contribution in [2.75, 3.05) is 26.4 Å². The first-order valence-electron chi connectivity index (χ1n) is 38.6. The second kappa shape index (κ2) is 54.2. The number of rotatable bonds is 60. The molecule has 3 fully saturated rings. The standard InChI is InChI=1S/C74H138N2O21/c1-4-6-8-10-12-14-16-18-20-22-24-25-26-27-28-29-30-32-34-36-38-40-42-44-46-48-61(84)76-55(56(81)47-45-43-41-39-37-35-33-31-23-21-19-17-15-13-11-9-7-5-2)53-92-71-66(88)65(87)68(60(52-79)94-71)95-72-67(89)70(64(86)59(51-78)93-72)97-74(73(90)91)49-57(82)62(75-54(3)80)69(96-74)63(85)58(83)50-77/h45,47,55-60,62-72,77-79,81-83,85-89H,4-44,46,48-53H2,1-3H3,(H,75,80)(H,76,84)(H,90,91)/b47-45+. The lowest BCUT2D eigenvalue weighted by atomic mass is 9.88. The third kappa shape index (κ3) is 35.5. The van der Waals surface area contributed by atoms with Gasteiger partial charge in [-0.05, 0) is 19.3 Å². The SMILES string of the molecule is CCCCCCCCCCCCCCCCCC/C=C/C(O)C(COC1OC(CO)C(OC2OC(CO)C(O)C(OC3(C(=O)O)CC(O)C(NC(C)=O)C(C(O)C(O)CO)O3)C2O)C(O)C1O)NC(=O)CCCCCCCCCCCCCCCCCCCCCCCCCCC. The van der Waals surface area contributed by atoms with Crippen LogP contribution < -0.4 is 10.6 Å². The quantitative estimate of drug-likeness (QED) is 0.0199. The predicted octanol–water partition coefficient (Wildman–Crippen LogP) is 9.02. The van der Waals surface area contributed by atoms with Crippen molar-refractivity contribution in [2.45, 2.75) is 413 Å². The molecule has 14 N–H and O–H groups in total. The van der Waals surface area contributed by atoms with Crippen LogP contribution in [0.3, 0.4) is 0 Å². The first-order chi connectivity index (χ1) is 46.9. The highest BCUT2D eigenvalue weighted by atomic mass is 16.8. The van der Waals surface area contributed by atoms with Gasteiger partial charge < -0.3 is 100 Å². The third-order valence-electron chi connectivity index (χ3n) is 19.7. The van der Waals surface area contributed by atoms with E-state index in [2.05, 4.69) is 24.5 Å². The molecule has 3 aliphatic rings. The van der Waals surface area contributed by atoms with Gasteiger partial charge in [0.2, 0.25) is 11.8 Å². The van der Waals surface area contributed by atoms with E-state index in [0.29, 0.717) is 12.8 Å². The van der Waals surface area contributed by atoms with Gasteiger partial charge in [0.1, 0.15) is 67.1 Å². The lowest BCUT2D eigenvalue weighted by Crippen LogP contribution is -2.70. The summed E-state index contributed by atoms with van der Waals surface area (Å²) in [4.78, 5) is 38.6. The average molecular weight is 1390 g/mol. The van der Waals surface area contributed by atoms with Crippen LogP contribution in [0.1, 0.15) is 303 Å². The van der Waals surface area contributed by atoms with Crippen LogP contribution in [0, 0.1) is 0 Å². The minimum Gasteiger partial charge on any atom is -0.477 e. The van der Waals surface area contributed by atoms with Gasteiger partial charge in [0.05, 0.1) is 50.7 Å². The normalized spacial score (nSPS) is 27.4. The second-order valence-electron chi connectivity index (χ2n) is 28.2. The Morgan fingerprint density at radius 3 is 1.37 bits per heavy atom. The van der Waals surface area contributed by atoms with Gasteiger partial charge in [0, 0.05) is 19.8 Å². The average Bonchev–Trinajstić information content (AvgIpc) is 0.760. The van der Waals surface area contributed by atoms with Crippen molar-refractivity contribution in [3.63, 3.8) is 0 Å². The molecule has 0 saturated carbocycles. The molecular formula is C74H138N2O21. The molecule has 3 heterocycles. The summed E-state index contributed by atoms with van der Waals surface area (Å²) in [5.74, 6) is -6.13. The lowest BCUT2D eigenvalue weighted by Gasteiger charge is -2.50. The zero-order valence-electron chi connectivity index (χ0n) is 60.0. The topological polar surface area (TPSA) is 373 Å². The lowest BCUT2D eigenvalue weighted by molar-refractivity contribution is -0.386. The molecule has 18 unspecified atom stereocenters. The van der Waals surface area contributed by atoms with Crippen LogP contribution in [0.2, 0.25) is 0 Å². The molecule has 0 aromatic heterocycles. The molecule has 3 rings (SSSR count). The van der Waals surface area contributed by atoms with Gasteiger partial charge in [-0.2, -0.15) is 0 Å². The van der Waals surface area contributed by atoms with Gasteiger partial charge in [0.25, 0.3) is 5.79 Å². The first-order valence-corrected chi connectivity index (χ1v) is 38.6. The number of nitrogens with one attached hydrogen (secondary N) is 2. The summed E-state index contributed by atoms with van der Waals surface area (Å²) in [7, 11) is 0. The van der Waals surface area contributed by atoms with E-state index in [-0.39, 0.29) is 12.3 Å². The molecule has 0 aromatic rings. The Morgan fingerprint density at radius 2 is 0.959 bits per heavy atom. The number of aliphatic hydroxyl groups is 11. The van der Waals surface area contributed by atoms with E-state index in [1.807, 2.05) is 6.08 Å². The van der Waals surface area contributed by atoms with E-state index in [0.717, 1.165) is 51.9 Å². The number of allylic oxidation sites excluding steroid dienone is 1. The third-order valence-corrected chi connectivity index (χ3v) is 19.7. The zero-order chi connectivity index (χ0) is 71.1. The Kier molecular flexibility index (Phi) is 49.5. The van der Waals surface area contributed by atoms with Crippen molar-refractivity contribution in [1.29, 1.82) is 0 Å². The molecule has 3 aliphatic heterocycles. The van der Waals surface area contributed by atoms with Gasteiger partial charge in [-0.15, -0.1) is 0 Å². The van der Waals surface area contributed by atoms with E-state index in [1.165, 1.54) is 212 Å². The summed E-state index contributed by atoms with van der Waals surface area (Å²) in [6, 6.07) is -2.61. The summed E-state index contributed by atoms with van der Waals surface area (Å²) < 4.78 is 34.9. The molecule has 0 aliphatic carbocycles. The monoisotopic (exact) mass is 1390 g/mol. The van der Waals surface area contributed by atoms with Gasteiger partial charge in [-0.1, -0.05) is 276 Å². The number of carbonyl (C=O) groups is 3. The summed E-state index contributed by atoms with van der Waals surface area (Å²) in [6.45, 7) is 2.18. The number of hydrogen-bond donors (Lipinski definition) is 14. The van der Waals surface area contributed by atoms with Crippen LogP contribution in [-0.4, -0.2) is 215 Å². The number of hydrogen-bond acceptors (Lipinski definition) is 20. The van der Waals surface area contributed by atoms with Crippen molar-refractivity contribution in [2.24, 2.45) is 0 Å². The Bertz CT molecular complexity index is 2000. The predicted molar refractivity (Wildman–Crippen MR) is 371 cm³/mol. The molecule has 97 heavy (non-hydrogen) atoms. The van der Waals surface area contributed by atoms with Gasteiger partial charge >= 0.3 is 5.97 Å². The van der Waals surface area contributed by atoms with Crippen molar-refractivity contribution in [1.82, 2.24) is 10.6 Å². The highest BCUT2D eigenvalue weighted by Gasteiger charge is 2.60. The number of carboxylic acids is 1. The summed E-state index contributed by atoms with van der Waals surface area (Å²) in [6.07, 6.45) is 26.8. The number of amides is 2. The maximum Gasteiger partial charge on any atom is 0.364 e. The Morgan fingerprint density at radius 1 is 0.536 bits per heavy atom. The van der Waals surface area contributed by atoms with Crippen molar-refractivity contribution in [3.8, 4) is 0 Å². The number of carboxylic acid groups (broad SMARTS) is 1. The minimum absolute atomic E-state index is 0.206.